The van der Waals surface area contributed by atoms with Gasteiger partial charge in [0, 0.05) is 5.56 Å². The summed E-state index contributed by atoms with van der Waals surface area (Å²) in [7, 11) is 0. The van der Waals surface area contributed by atoms with Crippen molar-refractivity contribution >= 4 is 5.91 Å². The highest BCUT2D eigenvalue weighted by molar-refractivity contribution is 5.79. The molecule has 4 rings (SSSR count). The number of rotatable bonds is 5. The van der Waals surface area contributed by atoms with Gasteiger partial charge in [-0.15, -0.1) is 5.10 Å². The number of nitrogens with one attached hydrogen (secondary N) is 1. The Morgan fingerprint density at radius 3 is 2.52 bits per heavy atom. The quantitative estimate of drug-likeness (QED) is 0.755. The largest absolute Gasteiger partial charge is 0.346 e. The molecule has 2 aromatic carbocycles. The first-order valence-electron chi connectivity index (χ1n) is 9.05. The first-order chi connectivity index (χ1) is 13.2. The van der Waals surface area contributed by atoms with Crippen LogP contribution >= 0.6 is 0 Å². The third-order valence-electron chi connectivity index (χ3n) is 5.14. The Morgan fingerprint density at radius 2 is 1.85 bits per heavy atom. The molecule has 1 saturated carbocycles. The zero-order valence-corrected chi connectivity index (χ0v) is 14.8. The van der Waals surface area contributed by atoms with Gasteiger partial charge >= 0.3 is 0 Å². The molecule has 1 heterocycles. The molecule has 138 valence electrons. The molecule has 1 amide bonds. The fraction of sp³-hybridized carbons (Fsp3) is 0.300. The fourth-order valence-electron chi connectivity index (χ4n) is 3.83. The van der Waals surface area contributed by atoms with E-state index in [-0.39, 0.29) is 18.1 Å². The number of hydrogen-bond donors (Lipinski definition) is 1. The van der Waals surface area contributed by atoms with Crippen LogP contribution in [-0.2, 0) is 16.8 Å². The molecule has 1 fully saturated rings. The maximum atomic E-state index is 14.4. The first kappa shape index (κ1) is 17.3. The third-order valence-corrected chi connectivity index (χ3v) is 5.14. The molecule has 6 nitrogen and oxygen atoms in total. The van der Waals surface area contributed by atoms with Crippen molar-refractivity contribution in [2.45, 2.75) is 37.6 Å². The van der Waals surface area contributed by atoms with Crippen LogP contribution < -0.4 is 5.32 Å². The minimum Gasteiger partial charge on any atom is -0.346 e. The molecule has 0 saturated heterocycles. The van der Waals surface area contributed by atoms with Crippen LogP contribution in [0.2, 0.25) is 0 Å². The van der Waals surface area contributed by atoms with Crippen LogP contribution in [0.5, 0.6) is 0 Å². The van der Waals surface area contributed by atoms with Crippen molar-refractivity contribution in [3.8, 4) is 5.69 Å². The SMILES string of the molecule is O=C(Cc1ccc(-n2cnnn2)cc1)NC1(c2ccccc2F)CCCC1. The summed E-state index contributed by atoms with van der Waals surface area (Å²) < 4.78 is 15.9. The predicted molar refractivity (Wildman–Crippen MR) is 97.5 cm³/mol. The molecule has 0 spiro atoms. The number of benzene rings is 2. The lowest BCUT2D eigenvalue weighted by Gasteiger charge is -2.31. The number of tetrazole rings is 1. The van der Waals surface area contributed by atoms with Crippen molar-refractivity contribution in [2.75, 3.05) is 0 Å². The highest BCUT2D eigenvalue weighted by Gasteiger charge is 2.38. The van der Waals surface area contributed by atoms with Crippen LogP contribution in [-0.4, -0.2) is 26.1 Å². The van der Waals surface area contributed by atoms with Crippen molar-refractivity contribution in [1.29, 1.82) is 0 Å². The van der Waals surface area contributed by atoms with E-state index in [1.54, 1.807) is 16.8 Å². The molecule has 7 heteroatoms. The smallest absolute Gasteiger partial charge is 0.225 e. The molecule has 1 aromatic heterocycles. The topological polar surface area (TPSA) is 72.7 Å². The lowest BCUT2D eigenvalue weighted by atomic mass is 9.87. The second-order valence-corrected chi connectivity index (χ2v) is 6.91. The van der Waals surface area contributed by atoms with Crippen molar-refractivity contribution < 1.29 is 9.18 Å². The summed E-state index contributed by atoms with van der Waals surface area (Å²) in [4.78, 5) is 12.7. The van der Waals surface area contributed by atoms with Gasteiger partial charge in [-0.1, -0.05) is 43.2 Å². The van der Waals surface area contributed by atoms with Crippen LogP contribution in [0.25, 0.3) is 5.69 Å². The molecule has 0 atom stereocenters. The standard InChI is InChI=1S/C20H20FN5O/c21-18-6-2-1-5-17(18)20(11-3-4-12-20)23-19(27)13-15-7-9-16(10-8-15)26-14-22-24-25-26/h1-2,5-10,14H,3-4,11-13H2,(H,23,27). The van der Waals surface area contributed by atoms with E-state index in [9.17, 15) is 9.18 Å². The molecule has 3 aromatic rings. The van der Waals surface area contributed by atoms with Gasteiger partial charge in [0.2, 0.25) is 5.91 Å². The van der Waals surface area contributed by atoms with E-state index in [0.29, 0.717) is 5.56 Å². The molecule has 0 unspecified atom stereocenters. The molecule has 0 radical (unpaired) electrons. The van der Waals surface area contributed by atoms with Crippen LogP contribution in [0.1, 0.15) is 36.8 Å². The van der Waals surface area contributed by atoms with E-state index in [2.05, 4.69) is 20.8 Å². The number of carbonyl (C=O) groups is 1. The number of hydrogen-bond acceptors (Lipinski definition) is 4. The summed E-state index contributed by atoms with van der Waals surface area (Å²) in [6, 6.07) is 14.2. The van der Waals surface area contributed by atoms with Crippen LogP contribution in [0.4, 0.5) is 4.39 Å². The van der Waals surface area contributed by atoms with Gasteiger partial charge in [0.05, 0.1) is 17.6 Å². The maximum Gasteiger partial charge on any atom is 0.225 e. The lowest BCUT2D eigenvalue weighted by Crippen LogP contribution is -2.45. The Hall–Kier alpha value is -3.09. The Morgan fingerprint density at radius 1 is 1.11 bits per heavy atom. The number of amides is 1. The van der Waals surface area contributed by atoms with Gasteiger partial charge in [-0.3, -0.25) is 4.79 Å². The lowest BCUT2D eigenvalue weighted by molar-refractivity contribution is -0.122. The van der Waals surface area contributed by atoms with Gasteiger partial charge in [-0.05, 0) is 47.0 Å². The van der Waals surface area contributed by atoms with Crippen molar-refractivity contribution in [2.24, 2.45) is 0 Å². The van der Waals surface area contributed by atoms with E-state index in [0.717, 1.165) is 36.9 Å². The van der Waals surface area contributed by atoms with Crippen molar-refractivity contribution in [3.05, 3.63) is 71.8 Å². The second-order valence-electron chi connectivity index (χ2n) is 6.91. The van der Waals surface area contributed by atoms with Gasteiger partial charge < -0.3 is 5.32 Å². The Kier molecular flexibility index (Phi) is 4.66. The predicted octanol–water partition coefficient (Wildman–Crippen LogP) is 2.93. The number of carbonyl (C=O) groups excluding carboxylic acids is 1. The van der Waals surface area contributed by atoms with Crippen LogP contribution in [0.15, 0.2) is 54.9 Å². The zero-order valence-electron chi connectivity index (χ0n) is 14.8. The van der Waals surface area contributed by atoms with Gasteiger partial charge in [0.15, 0.2) is 0 Å². The maximum absolute atomic E-state index is 14.4. The average Bonchev–Trinajstić information content (AvgIpc) is 3.35. The van der Waals surface area contributed by atoms with E-state index in [4.69, 9.17) is 0 Å². The zero-order chi connectivity index (χ0) is 18.7. The highest BCUT2D eigenvalue weighted by Crippen LogP contribution is 2.39. The molecule has 27 heavy (non-hydrogen) atoms. The van der Waals surface area contributed by atoms with E-state index in [1.165, 1.54) is 12.4 Å². The molecule has 0 bridgehead atoms. The normalized spacial score (nSPS) is 15.6. The van der Waals surface area contributed by atoms with Gasteiger partial charge in [0.1, 0.15) is 12.1 Å². The molecule has 1 aliphatic carbocycles. The summed E-state index contributed by atoms with van der Waals surface area (Å²) in [5.41, 5.74) is 1.69. The summed E-state index contributed by atoms with van der Waals surface area (Å²) in [5, 5.41) is 14.2. The van der Waals surface area contributed by atoms with E-state index >= 15 is 0 Å². The van der Waals surface area contributed by atoms with Crippen LogP contribution in [0, 0.1) is 5.82 Å². The summed E-state index contributed by atoms with van der Waals surface area (Å²) in [5.74, 6) is -0.360. The van der Waals surface area contributed by atoms with Gasteiger partial charge in [0.25, 0.3) is 0 Å². The van der Waals surface area contributed by atoms with E-state index < -0.39 is 5.54 Å². The minimum atomic E-state index is -0.602. The molecular weight excluding hydrogens is 345 g/mol. The monoisotopic (exact) mass is 365 g/mol. The summed E-state index contributed by atoms with van der Waals surface area (Å²) in [6.45, 7) is 0. The molecule has 0 aliphatic heterocycles. The van der Waals surface area contributed by atoms with Gasteiger partial charge in [-0.2, -0.15) is 0 Å². The minimum absolute atomic E-state index is 0.102. The number of nitrogens with zero attached hydrogens (tertiary/aromatic N) is 4. The highest BCUT2D eigenvalue weighted by atomic mass is 19.1. The molecule has 1 N–H and O–H groups in total. The van der Waals surface area contributed by atoms with E-state index in [1.807, 2.05) is 30.3 Å². The fourth-order valence-corrected chi connectivity index (χ4v) is 3.83. The first-order valence-corrected chi connectivity index (χ1v) is 9.05. The Labute approximate surface area is 156 Å². The van der Waals surface area contributed by atoms with Crippen molar-refractivity contribution in [3.63, 3.8) is 0 Å². The van der Waals surface area contributed by atoms with Crippen molar-refractivity contribution in [1.82, 2.24) is 25.5 Å². The number of halogens is 1. The van der Waals surface area contributed by atoms with Crippen LogP contribution in [0.3, 0.4) is 0 Å². The Bertz CT molecular complexity index is 918. The Balaban J connectivity index is 1.48. The average molecular weight is 365 g/mol. The summed E-state index contributed by atoms with van der Waals surface area (Å²) >= 11 is 0. The van der Waals surface area contributed by atoms with Gasteiger partial charge in [-0.25, -0.2) is 9.07 Å². The number of aromatic nitrogens is 4. The third kappa shape index (κ3) is 3.58. The summed E-state index contributed by atoms with van der Waals surface area (Å²) in [6.07, 6.45) is 5.24. The molecule has 1 aliphatic rings. The second kappa shape index (κ2) is 7.26. The molecular formula is C20H20FN5O.